The van der Waals surface area contributed by atoms with E-state index in [1.807, 2.05) is 41.1 Å². The first kappa shape index (κ1) is 29.8. The van der Waals surface area contributed by atoms with E-state index in [-0.39, 0.29) is 24.2 Å². The smallest absolute Gasteiger partial charge is 0.306 e. The lowest BCUT2D eigenvalue weighted by Crippen LogP contribution is -2.36. The maximum atomic E-state index is 13.6. The highest BCUT2D eigenvalue weighted by molar-refractivity contribution is 5.94. The number of esters is 1. The van der Waals surface area contributed by atoms with E-state index in [0.29, 0.717) is 31.0 Å². The fourth-order valence-electron chi connectivity index (χ4n) is 5.95. The Labute approximate surface area is 239 Å². The highest BCUT2D eigenvalue weighted by Gasteiger charge is 2.32. The molecule has 2 aromatic rings. The van der Waals surface area contributed by atoms with Crippen LogP contribution in [0.1, 0.15) is 72.0 Å². The second-order valence-electron chi connectivity index (χ2n) is 11.4. The zero-order valence-electron chi connectivity index (χ0n) is 24.2. The molecule has 2 aromatic carbocycles. The molecule has 2 heterocycles. The Bertz CT molecular complexity index is 1130. The molecule has 1 atom stereocenters. The lowest BCUT2D eigenvalue weighted by Gasteiger charge is -2.25. The van der Waals surface area contributed by atoms with E-state index in [1.54, 1.807) is 0 Å². The van der Waals surface area contributed by atoms with Crippen LogP contribution < -0.4 is 5.32 Å². The molecule has 216 valence electrons. The quantitative estimate of drug-likeness (QED) is 0.310. The SMILES string of the molecule is COC(=O)CC1Cc2cc(C(=O)N(C)CCC3CCNCC3)ccc2CN(CCCCCc2ccccc2)C1=O. The third-order valence-electron chi connectivity index (χ3n) is 8.50. The van der Waals surface area contributed by atoms with E-state index in [1.165, 1.54) is 25.5 Å². The number of hydrogen-bond acceptors (Lipinski definition) is 5. The van der Waals surface area contributed by atoms with Crippen molar-refractivity contribution in [1.82, 2.24) is 15.1 Å². The van der Waals surface area contributed by atoms with E-state index >= 15 is 0 Å². The van der Waals surface area contributed by atoms with Gasteiger partial charge in [0.1, 0.15) is 0 Å². The van der Waals surface area contributed by atoms with Crippen molar-refractivity contribution in [2.75, 3.05) is 40.3 Å². The van der Waals surface area contributed by atoms with Crippen LogP contribution in [-0.4, -0.2) is 67.9 Å². The summed E-state index contributed by atoms with van der Waals surface area (Å²) in [6, 6.07) is 16.3. The number of nitrogens with one attached hydrogen (secondary N) is 1. The first-order valence-electron chi connectivity index (χ1n) is 14.9. The third kappa shape index (κ3) is 8.40. The summed E-state index contributed by atoms with van der Waals surface area (Å²) in [5, 5.41) is 3.40. The van der Waals surface area contributed by atoms with Crippen LogP contribution >= 0.6 is 0 Å². The van der Waals surface area contributed by atoms with Crippen molar-refractivity contribution in [2.24, 2.45) is 11.8 Å². The normalized spacial score (nSPS) is 17.7. The van der Waals surface area contributed by atoms with Gasteiger partial charge in [-0.1, -0.05) is 42.8 Å². The van der Waals surface area contributed by atoms with E-state index < -0.39 is 5.92 Å². The van der Waals surface area contributed by atoms with Gasteiger partial charge in [-0.2, -0.15) is 0 Å². The Hall–Kier alpha value is -3.19. The lowest BCUT2D eigenvalue weighted by molar-refractivity contribution is -0.146. The number of nitrogens with zero attached hydrogens (tertiary/aromatic N) is 2. The minimum absolute atomic E-state index is 0.00312. The number of ether oxygens (including phenoxy) is 1. The molecule has 1 unspecified atom stereocenters. The molecular formula is C33H45N3O4. The van der Waals surface area contributed by atoms with Crippen LogP contribution in [0.2, 0.25) is 0 Å². The van der Waals surface area contributed by atoms with Crippen molar-refractivity contribution in [1.29, 1.82) is 0 Å². The zero-order valence-corrected chi connectivity index (χ0v) is 24.2. The van der Waals surface area contributed by atoms with E-state index in [9.17, 15) is 14.4 Å². The summed E-state index contributed by atoms with van der Waals surface area (Å²) in [5.41, 5.74) is 4.01. The molecule has 7 nitrogen and oxygen atoms in total. The topological polar surface area (TPSA) is 79.0 Å². The summed E-state index contributed by atoms with van der Waals surface area (Å²) in [4.78, 5) is 42.8. The van der Waals surface area contributed by atoms with E-state index in [0.717, 1.165) is 62.9 Å². The molecule has 0 saturated carbocycles. The standard InChI is InChI=1S/C33H45N3O4/c1-35(20-16-26-14-17-34-18-15-26)32(38)27-12-13-28-24-36(19-8-4-7-11-25-9-5-3-6-10-25)33(39)30(22-29(28)21-27)23-31(37)40-2/h3,5-6,9-10,12-13,21,26,30,34H,4,7-8,11,14-20,22-24H2,1-2H3. The number of carbonyl (C=O) groups is 3. The third-order valence-corrected chi connectivity index (χ3v) is 8.50. The van der Waals surface area contributed by atoms with Gasteiger partial charge in [-0.3, -0.25) is 14.4 Å². The molecule has 1 N–H and O–H groups in total. The van der Waals surface area contributed by atoms with Crippen molar-refractivity contribution in [3.8, 4) is 0 Å². The van der Waals surface area contributed by atoms with Gasteiger partial charge in [-0.05, 0) is 92.8 Å². The molecule has 7 heteroatoms. The van der Waals surface area contributed by atoms with Crippen molar-refractivity contribution in [3.63, 3.8) is 0 Å². The minimum atomic E-state index is -0.485. The number of methoxy groups -OCH3 is 1. The average Bonchev–Trinajstić information content (AvgIpc) is 3.11. The summed E-state index contributed by atoms with van der Waals surface area (Å²) in [6.45, 7) is 4.02. The molecule has 1 fully saturated rings. The fourth-order valence-corrected chi connectivity index (χ4v) is 5.95. The zero-order chi connectivity index (χ0) is 28.3. The molecule has 0 aromatic heterocycles. The number of fused-ring (bicyclic) bond motifs is 1. The summed E-state index contributed by atoms with van der Waals surface area (Å²) < 4.78 is 4.92. The van der Waals surface area contributed by atoms with Crippen molar-refractivity contribution in [3.05, 3.63) is 70.8 Å². The van der Waals surface area contributed by atoms with E-state index in [4.69, 9.17) is 4.74 Å². The van der Waals surface area contributed by atoms with Crippen LogP contribution in [0.25, 0.3) is 0 Å². The number of benzene rings is 2. The average molecular weight is 548 g/mol. The molecule has 2 amide bonds. The predicted octanol–water partition coefficient (Wildman–Crippen LogP) is 4.63. The van der Waals surface area contributed by atoms with Crippen molar-refractivity contribution in [2.45, 2.75) is 64.3 Å². The molecule has 1 saturated heterocycles. The number of piperidine rings is 1. The van der Waals surface area contributed by atoms with Crippen LogP contribution in [0.4, 0.5) is 0 Å². The number of hydrogen-bond donors (Lipinski definition) is 1. The molecule has 0 spiro atoms. The van der Waals surface area contributed by atoms with Crippen LogP contribution in [0.5, 0.6) is 0 Å². The van der Waals surface area contributed by atoms with Gasteiger partial charge >= 0.3 is 5.97 Å². The van der Waals surface area contributed by atoms with Crippen LogP contribution in [-0.2, 0) is 33.7 Å². The van der Waals surface area contributed by atoms with Crippen LogP contribution in [0.3, 0.4) is 0 Å². The van der Waals surface area contributed by atoms with Gasteiger partial charge in [0.15, 0.2) is 0 Å². The summed E-state index contributed by atoms with van der Waals surface area (Å²) >= 11 is 0. The Morgan fingerprint density at radius 2 is 1.80 bits per heavy atom. The van der Waals surface area contributed by atoms with Crippen molar-refractivity contribution < 1.29 is 19.1 Å². The lowest BCUT2D eigenvalue weighted by atomic mass is 9.92. The number of rotatable bonds is 12. The molecule has 0 aliphatic carbocycles. The van der Waals surface area contributed by atoms with Gasteiger partial charge in [0.25, 0.3) is 5.91 Å². The minimum Gasteiger partial charge on any atom is -0.469 e. The molecule has 2 aliphatic heterocycles. The molecule has 4 rings (SSSR count). The Morgan fingerprint density at radius 1 is 1.02 bits per heavy atom. The predicted molar refractivity (Wildman–Crippen MR) is 157 cm³/mol. The highest BCUT2D eigenvalue weighted by atomic mass is 16.5. The summed E-state index contributed by atoms with van der Waals surface area (Å²) in [6.07, 6.45) is 7.89. The largest absolute Gasteiger partial charge is 0.469 e. The van der Waals surface area contributed by atoms with Gasteiger partial charge in [-0.15, -0.1) is 0 Å². The molecule has 0 bridgehead atoms. The van der Waals surface area contributed by atoms with Crippen LogP contribution in [0.15, 0.2) is 48.5 Å². The number of amides is 2. The fraction of sp³-hybridized carbons (Fsp3) is 0.545. The number of unbranched alkanes of at least 4 members (excludes halogenated alkanes) is 2. The van der Waals surface area contributed by atoms with Gasteiger partial charge in [0, 0.05) is 32.2 Å². The molecular weight excluding hydrogens is 502 g/mol. The van der Waals surface area contributed by atoms with Gasteiger partial charge in [-0.25, -0.2) is 0 Å². The first-order valence-corrected chi connectivity index (χ1v) is 14.9. The maximum Gasteiger partial charge on any atom is 0.306 e. The van der Waals surface area contributed by atoms with Crippen LogP contribution in [0, 0.1) is 11.8 Å². The first-order chi connectivity index (χ1) is 19.4. The van der Waals surface area contributed by atoms with Crippen molar-refractivity contribution >= 4 is 17.8 Å². The molecule has 0 radical (unpaired) electrons. The van der Waals surface area contributed by atoms with Gasteiger partial charge in [0.2, 0.25) is 5.91 Å². The number of aryl methyl sites for hydroxylation is 1. The monoisotopic (exact) mass is 547 g/mol. The Morgan fingerprint density at radius 3 is 2.55 bits per heavy atom. The maximum absolute atomic E-state index is 13.6. The molecule has 40 heavy (non-hydrogen) atoms. The van der Waals surface area contributed by atoms with E-state index in [2.05, 4.69) is 29.6 Å². The number of carbonyl (C=O) groups excluding carboxylic acids is 3. The Kier molecular flexibility index (Phi) is 11.2. The second kappa shape index (κ2) is 15.0. The highest BCUT2D eigenvalue weighted by Crippen LogP contribution is 2.27. The summed E-state index contributed by atoms with van der Waals surface area (Å²) in [7, 11) is 3.23. The Balaban J connectivity index is 1.40. The van der Waals surface area contributed by atoms with Gasteiger partial charge in [0.05, 0.1) is 19.4 Å². The second-order valence-corrected chi connectivity index (χ2v) is 11.4. The van der Waals surface area contributed by atoms with Gasteiger partial charge < -0.3 is 19.9 Å². The summed E-state index contributed by atoms with van der Waals surface area (Å²) in [5.74, 6) is -0.197. The molecule has 2 aliphatic rings.